The van der Waals surface area contributed by atoms with Crippen molar-refractivity contribution in [3.8, 4) is 0 Å². The molecule has 0 spiro atoms. The topological polar surface area (TPSA) is 0 Å². The number of fused-ring (bicyclic) bond motifs is 2. The average molecular weight is 349 g/mol. The Morgan fingerprint density at radius 3 is 2.57 bits per heavy atom. The molecule has 0 radical (unpaired) electrons. The molecule has 1 aliphatic heterocycles. The van der Waals surface area contributed by atoms with E-state index in [0.29, 0.717) is 17.0 Å². The van der Waals surface area contributed by atoms with E-state index in [0.717, 1.165) is 27.5 Å². The average Bonchev–Trinajstić information content (AvgIpc) is 2.55. The highest BCUT2D eigenvalue weighted by atomic mass is 35.5. The molecular weight excluding hydrogens is 340 g/mol. The molecule has 110 valence electrons. The van der Waals surface area contributed by atoms with Gasteiger partial charge in [-0.05, 0) is 47.9 Å². The molecular formula is C15H9Cl2F3S. The van der Waals surface area contributed by atoms with Gasteiger partial charge in [-0.15, -0.1) is 11.6 Å². The van der Waals surface area contributed by atoms with Gasteiger partial charge in [0.15, 0.2) is 0 Å². The number of hydrogen-bond donors (Lipinski definition) is 0. The Labute approximate surface area is 134 Å². The smallest absolute Gasteiger partial charge is 0.166 e. The standard InChI is InChI=1S/C15H9Cl2F3S/c16-11-2-1-3-13-10(11)7-12(17)9-6-8(15(18,19)20)4-5-14(9)21-13/h1-6,12H,7H2. The lowest BCUT2D eigenvalue weighted by Crippen LogP contribution is -2.06. The van der Waals surface area contributed by atoms with Crippen LogP contribution in [-0.4, -0.2) is 0 Å². The van der Waals surface area contributed by atoms with E-state index in [1.165, 1.54) is 17.8 Å². The van der Waals surface area contributed by atoms with Crippen LogP contribution in [0.15, 0.2) is 46.2 Å². The highest BCUT2D eigenvalue weighted by Crippen LogP contribution is 2.46. The Morgan fingerprint density at radius 1 is 1.10 bits per heavy atom. The van der Waals surface area contributed by atoms with Crippen LogP contribution >= 0.6 is 35.0 Å². The van der Waals surface area contributed by atoms with E-state index in [-0.39, 0.29) is 0 Å². The SMILES string of the molecule is FC(F)(F)c1ccc2c(c1)C(Cl)Cc1c(Cl)cccc1S2. The summed E-state index contributed by atoms with van der Waals surface area (Å²) in [6.45, 7) is 0. The zero-order valence-electron chi connectivity index (χ0n) is 10.5. The van der Waals surface area contributed by atoms with Crippen LogP contribution in [0, 0.1) is 0 Å². The summed E-state index contributed by atoms with van der Waals surface area (Å²) < 4.78 is 38.5. The van der Waals surface area contributed by atoms with Crippen molar-refractivity contribution in [2.24, 2.45) is 0 Å². The summed E-state index contributed by atoms with van der Waals surface area (Å²) in [5.41, 5.74) is 0.710. The van der Waals surface area contributed by atoms with E-state index >= 15 is 0 Å². The second-order valence-corrected chi connectivity index (χ2v) is 6.76. The van der Waals surface area contributed by atoms with Gasteiger partial charge in [0.2, 0.25) is 0 Å². The Kier molecular flexibility index (Phi) is 3.89. The number of benzene rings is 2. The van der Waals surface area contributed by atoms with E-state index < -0.39 is 17.1 Å². The van der Waals surface area contributed by atoms with Crippen LogP contribution in [0.2, 0.25) is 5.02 Å². The number of hydrogen-bond acceptors (Lipinski definition) is 1. The van der Waals surface area contributed by atoms with Crippen molar-refractivity contribution in [2.75, 3.05) is 0 Å². The van der Waals surface area contributed by atoms with E-state index in [1.807, 2.05) is 12.1 Å². The second-order valence-electron chi connectivity index (χ2n) is 4.74. The van der Waals surface area contributed by atoms with Gasteiger partial charge >= 0.3 is 6.18 Å². The van der Waals surface area contributed by atoms with E-state index in [4.69, 9.17) is 23.2 Å². The minimum Gasteiger partial charge on any atom is -0.166 e. The van der Waals surface area contributed by atoms with Crippen molar-refractivity contribution in [1.29, 1.82) is 0 Å². The van der Waals surface area contributed by atoms with E-state index in [1.54, 1.807) is 6.07 Å². The van der Waals surface area contributed by atoms with Crippen LogP contribution in [0.1, 0.15) is 22.1 Å². The summed E-state index contributed by atoms with van der Waals surface area (Å²) in [5, 5.41) is 0.0606. The van der Waals surface area contributed by atoms with Crippen LogP contribution in [0.3, 0.4) is 0 Å². The third kappa shape index (κ3) is 2.89. The molecule has 1 aliphatic rings. The van der Waals surface area contributed by atoms with E-state index in [9.17, 15) is 13.2 Å². The number of halogens is 5. The monoisotopic (exact) mass is 348 g/mol. The molecule has 2 aromatic carbocycles. The zero-order valence-corrected chi connectivity index (χ0v) is 12.9. The van der Waals surface area contributed by atoms with E-state index in [2.05, 4.69) is 0 Å². The minimum absolute atomic E-state index is 0.415. The van der Waals surface area contributed by atoms with Crippen molar-refractivity contribution in [2.45, 2.75) is 27.8 Å². The summed E-state index contributed by atoms with van der Waals surface area (Å²) in [4.78, 5) is 1.68. The first-order valence-electron chi connectivity index (χ1n) is 6.16. The molecule has 0 N–H and O–H groups in total. The van der Waals surface area contributed by atoms with Crippen LogP contribution < -0.4 is 0 Å². The molecule has 0 fully saturated rings. The third-order valence-corrected chi connectivity index (χ3v) is 5.29. The molecule has 3 rings (SSSR count). The fraction of sp³-hybridized carbons (Fsp3) is 0.200. The quantitative estimate of drug-likeness (QED) is 0.500. The maximum Gasteiger partial charge on any atom is 0.416 e. The highest BCUT2D eigenvalue weighted by Gasteiger charge is 2.32. The summed E-state index contributed by atoms with van der Waals surface area (Å²) in [7, 11) is 0. The molecule has 1 heterocycles. The summed E-state index contributed by atoms with van der Waals surface area (Å²) in [6, 6.07) is 9.20. The lowest BCUT2D eigenvalue weighted by Gasteiger charge is -2.14. The Morgan fingerprint density at radius 2 is 1.86 bits per heavy atom. The maximum atomic E-state index is 12.8. The third-order valence-electron chi connectivity index (χ3n) is 3.35. The van der Waals surface area contributed by atoms with Gasteiger partial charge in [0.25, 0.3) is 0 Å². The molecule has 6 heteroatoms. The number of alkyl halides is 4. The Hall–Kier alpha value is -0.840. The first kappa shape index (κ1) is 15.1. The number of rotatable bonds is 0. The van der Waals surface area contributed by atoms with Crippen molar-refractivity contribution < 1.29 is 13.2 Å². The van der Waals surface area contributed by atoms with Crippen molar-refractivity contribution >= 4 is 35.0 Å². The van der Waals surface area contributed by atoms with Gasteiger partial charge in [-0.1, -0.05) is 29.4 Å². The fourth-order valence-corrected chi connectivity index (χ4v) is 4.17. The van der Waals surface area contributed by atoms with Gasteiger partial charge in [-0.2, -0.15) is 13.2 Å². The molecule has 0 amide bonds. The van der Waals surface area contributed by atoms with Crippen molar-refractivity contribution in [1.82, 2.24) is 0 Å². The van der Waals surface area contributed by atoms with Crippen molar-refractivity contribution in [3.05, 3.63) is 58.1 Å². The normalized spacial score (nSPS) is 17.9. The maximum absolute atomic E-state index is 12.8. The Bertz CT molecular complexity index is 698. The van der Waals surface area contributed by atoms with Gasteiger partial charge < -0.3 is 0 Å². The van der Waals surface area contributed by atoms with Gasteiger partial charge in [-0.25, -0.2) is 0 Å². The molecule has 21 heavy (non-hydrogen) atoms. The molecule has 0 aromatic heterocycles. The van der Waals surface area contributed by atoms with Crippen LogP contribution in [0.25, 0.3) is 0 Å². The summed E-state index contributed by atoms with van der Waals surface area (Å²) >= 11 is 13.9. The zero-order chi connectivity index (χ0) is 15.2. The summed E-state index contributed by atoms with van der Waals surface area (Å²) in [6.07, 6.45) is -3.95. The predicted octanol–water partition coefficient (Wildman–Crippen LogP) is 6.35. The van der Waals surface area contributed by atoms with Gasteiger partial charge in [0, 0.05) is 14.8 Å². The molecule has 1 atom stereocenters. The molecule has 0 nitrogen and oxygen atoms in total. The largest absolute Gasteiger partial charge is 0.416 e. The predicted molar refractivity (Wildman–Crippen MR) is 79.3 cm³/mol. The summed E-state index contributed by atoms with van der Waals surface area (Å²) in [5.74, 6) is 0. The second kappa shape index (κ2) is 5.41. The lowest BCUT2D eigenvalue weighted by molar-refractivity contribution is -0.137. The van der Waals surface area contributed by atoms with Gasteiger partial charge in [0.1, 0.15) is 0 Å². The van der Waals surface area contributed by atoms with Gasteiger partial charge in [-0.3, -0.25) is 0 Å². The van der Waals surface area contributed by atoms with Crippen LogP contribution in [0.5, 0.6) is 0 Å². The molecule has 0 saturated heterocycles. The molecule has 2 aromatic rings. The first-order valence-corrected chi connectivity index (χ1v) is 7.80. The van der Waals surface area contributed by atoms with Gasteiger partial charge in [0.05, 0.1) is 10.9 Å². The fourth-order valence-electron chi connectivity index (χ4n) is 2.30. The molecule has 1 unspecified atom stereocenters. The van der Waals surface area contributed by atoms with Crippen LogP contribution in [-0.2, 0) is 12.6 Å². The highest BCUT2D eigenvalue weighted by molar-refractivity contribution is 7.99. The molecule has 0 saturated carbocycles. The molecule has 0 bridgehead atoms. The lowest BCUT2D eigenvalue weighted by atomic mass is 10.0. The van der Waals surface area contributed by atoms with Crippen molar-refractivity contribution in [3.63, 3.8) is 0 Å². The minimum atomic E-state index is -4.37. The first-order chi connectivity index (χ1) is 9.86. The van der Waals surface area contributed by atoms with Crippen LogP contribution in [0.4, 0.5) is 13.2 Å². The Balaban J connectivity index is 2.11. The molecule has 0 aliphatic carbocycles.